The Kier molecular flexibility index (Phi) is 5.17. The van der Waals surface area contributed by atoms with E-state index in [1.807, 2.05) is 30.7 Å². The minimum absolute atomic E-state index is 0.438. The summed E-state index contributed by atoms with van der Waals surface area (Å²) in [5, 5.41) is 8.11. The summed E-state index contributed by atoms with van der Waals surface area (Å²) in [5.41, 5.74) is 12.2. The van der Waals surface area contributed by atoms with Crippen LogP contribution in [-0.2, 0) is 17.6 Å². The molecule has 3 N–H and O–H groups in total. The number of benzene rings is 1. The van der Waals surface area contributed by atoms with Gasteiger partial charge in [0, 0.05) is 29.1 Å². The Morgan fingerprint density at radius 2 is 2.12 bits per heavy atom. The molecule has 33 heavy (non-hydrogen) atoms. The molecule has 9 nitrogen and oxygen atoms in total. The normalized spacial score (nSPS) is 12.0. The largest absolute Gasteiger partial charge is 0.453 e. The van der Waals surface area contributed by atoms with Crippen LogP contribution in [0.3, 0.4) is 0 Å². The summed E-state index contributed by atoms with van der Waals surface area (Å²) in [7, 11) is 3.23. The topological polar surface area (TPSA) is 125 Å². The lowest BCUT2D eigenvalue weighted by Crippen LogP contribution is -2.19. The molecule has 0 saturated carbocycles. The van der Waals surface area contributed by atoms with Gasteiger partial charge in [-0.1, -0.05) is 22.9 Å². The highest BCUT2D eigenvalue weighted by atomic mass is 32.1. The van der Waals surface area contributed by atoms with E-state index in [1.165, 1.54) is 18.4 Å². The molecule has 11 heteroatoms. The van der Waals surface area contributed by atoms with Crippen LogP contribution in [0.1, 0.15) is 21.6 Å². The van der Waals surface area contributed by atoms with Crippen molar-refractivity contribution in [1.82, 2.24) is 19.7 Å². The molecular weight excluding hydrogens is 439 g/mol. The number of anilines is 1. The summed E-state index contributed by atoms with van der Waals surface area (Å²) < 4.78 is 6.60. The van der Waals surface area contributed by atoms with E-state index in [0.717, 1.165) is 57.1 Å². The fourth-order valence-electron chi connectivity index (χ4n) is 4.02. The van der Waals surface area contributed by atoms with Gasteiger partial charge < -0.3 is 10.5 Å². The van der Waals surface area contributed by atoms with E-state index in [-0.39, 0.29) is 0 Å². The maximum absolute atomic E-state index is 11.7. The summed E-state index contributed by atoms with van der Waals surface area (Å²) in [6.45, 7) is 0. The quantitative estimate of drug-likeness (QED) is 0.449. The third-order valence-corrected chi connectivity index (χ3v) is 6.57. The highest BCUT2D eigenvalue weighted by molar-refractivity contribution is 7.19. The average Bonchev–Trinajstić information content (AvgIpc) is 3.40. The Morgan fingerprint density at radius 3 is 2.82 bits per heavy atom. The number of nitrogens with zero attached hydrogens (tertiary/aromatic N) is 4. The van der Waals surface area contributed by atoms with Gasteiger partial charge in [0.1, 0.15) is 7.85 Å². The van der Waals surface area contributed by atoms with Gasteiger partial charge in [0.15, 0.2) is 5.13 Å². The average molecular weight is 458 g/mol. The number of fused-ring (bicyclic) bond motifs is 3. The first-order valence-corrected chi connectivity index (χ1v) is 11.1. The lowest BCUT2D eigenvalue weighted by molar-refractivity contribution is 0.100. The zero-order chi connectivity index (χ0) is 23.1. The first kappa shape index (κ1) is 20.9. The molecule has 0 unspecified atom stereocenters. The second-order valence-corrected chi connectivity index (χ2v) is 8.61. The first-order chi connectivity index (χ1) is 16.0. The van der Waals surface area contributed by atoms with Crippen molar-refractivity contribution in [1.29, 1.82) is 0 Å². The van der Waals surface area contributed by atoms with Gasteiger partial charge in [0.05, 0.1) is 34.8 Å². The molecule has 0 bridgehead atoms. The lowest BCUT2D eigenvalue weighted by Gasteiger charge is -2.15. The van der Waals surface area contributed by atoms with E-state index in [0.29, 0.717) is 10.7 Å². The highest BCUT2D eigenvalue weighted by Gasteiger charge is 2.30. The number of primary amides is 1. The number of nitrogens with one attached hydrogen (secondary N) is 1. The zero-order valence-electron chi connectivity index (χ0n) is 18.0. The molecule has 0 fully saturated rings. The number of pyridine rings is 1. The zero-order valence-corrected chi connectivity index (χ0v) is 18.8. The van der Waals surface area contributed by atoms with Crippen LogP contribution in [0.4, 0.5) is 9.93 Å². The minimum Gasteiger partial charge on any atom is -0.453 e. The molecule has 2 amide bonds. The molecule has 164 valence electrons. The van der Waals surface area contributed by atoms with Crippen molar-refractivity contribution >= 4 is 41.8 Å². The van der Waals surface area contributed by atoms with E-state index < -0.39 is 12.0 Å². The Hall–Kier alpha value is -3.99. The number of thiazole rings is 1. The van der Waals surface area contributed by atoms with E-state index in [9.17, 15) is 9.59 Å². The number of amides is 2. The SMILES string of the molecule is Bc1cc(C(N)=O)ccc1-n1nc(-c2cccnc2)c2c1-c1sc(NC(=O)OC)nc1CC2. The first-order valence-electron chi connectivity index (χ1n) is 10.2. The molecule has 0 saturated heterocycles. The summed E-state index contributed by atoms with van der Waals surface area (Å²) in [6.07, 6.45) is 4.42. The van der Waals surface area contributed by atoms with E-state index in [2.05, 4.69) is 15.3 Å². The standard InChI is InChI=1S/C22H19BN6O3S/c1-32-22(31)27-21-26-15-6-5-13-17(12-3-2-8-25-10-12)28-29(18(13)19(15)33-21)16-7-4-11(20(24)30)9-14(16)23/h2-4,7-10H,5-6,23H2,1H3,(H2,24,30)(H,26,27,31). The van der Waals surface area contributed by atoms with Crippen molar-refractivity contribution in [3.05, 3.63) is 59.5 Å². The van der Waals surface area contributed by atoms with Crippen molar-refractivity contribution in [2.75, 3.05) is 12.4 Å². The molecule has 4 aromatic rings. The second kappa shape index (κ2) is 8.17. The van der Waals surface area contributed by atoms with Crippen molar-refractivity contribution in [2.45, 2.75) is 12.8 Å². The fraction of sp³-hybridized carbons (Fsp3) is 0.136. The maximum Gasteiger partial charge on any atom is 0.413 e. The van der Waals surface area contributed by atoms with Crippen LogP contribution >= 0.6 is 11.3 Å². The molecule has 0 atom stereocenters. The van der Waals surface area contributed by atoms with Crippen LogP contribution in [0.2, 0.25) is 0 Å². The fourth-order valence-corrected chi connectivity index (χ4v) is 5.07. The maximum atomic E-state index is 11.7. The van der Waals surface area contributed by atoms with Crippen LogP contribution in [-0.4, -0.2) is 46.7 Å². The van der Waals surface area contributed by atoms with Crippen LogP contribution in [0, 0.1) is 0 Å². The lowest BCUT2D eigenvalue weighted by atomic mass is 9.91. The van der Waals surface area contributed by atoms with Gasteiger partial charge in [-0.2, -0.15) is 5.10 Å². The molecule has 1 aliphatic carbocycles. The van der Waals surface area contributed by atoms with Crippen LogP contribution < -0.4 is 16.5 Å². The van der Waals surface area contributed by atoms with Gasteiger partial charge in [-0.3, -0.25) is 15.1 Å². The van der Waals surface area contributed by atoms with Gasteiger partial charge in [-0.15, -0.1) is 0 Å². The molecule has 3 heterocycles. The van der Waals surface area contributed by atoms with Crippen LogP contribution in [0.5, 0.6) is 0 Å². The van der Waals surface area contributed by atoms with Gasteiger partial charge >= 0.3 is 6.09 Å². The third-order valence-electron chi connectivity index (χ3n) is 5.55. The highest BCUT2D eigenvalue weighted by Crippen LogP contribution is 2.43. The van der Waals surface area contributed by atoms with Crippen LogP contribution in [0.15, 0.2) is 42.7 Å². The van der Waals surface area contributed by atoms with Crippen LogP contribution in [0.25, 0.3) is 27.5 Å². The Balaban J connectivity index is 1.72. The summed E-state index contributed by atoms with van der Waals surface area (Å²) in [6, 6.07) is 9.17. The Bertz CT molecular complexity index is 1400. The van der Waals surface area contributed by atoms with Gasteiger partial charge in [0.25, 0.3) is 0 Å². The predicted octanol–water partition coefficient (Wildman–Crippen LogP) is 1.69. The van der Waals surface area contributed by atoms with Gasteiger partial charge in [0.2, 0.25) is 5.91 Å². The van der Waals surface area contributed by atoms with Crippen molar-refractivity contribution < 1.29 is 14.3 Å². The number of hydrogen-bond acceptors (Lipinski definition) is 7. The number of nitrogens with two attached hydrogens (primary N) is 1. The molecule has 0 aliphatic heterocycles. The Morgan fingerprint density at radius 1 is 1.27 bits per heavy atom. The molecule has 5 rings (SSSR count). The minimum atomic E-state index is -0.566. The molecule has 1 aromatic carbocycles. The number of rotatable bonds is 4. The third kappa shape index (κ3) is 3.66. The molecule has 1 aliphatic rings. The predicted molar refractivity (Wildman–Crippen MR) is 128 cm³/mol. The van der Waals surface area contributed by atoms with Crippen molar-refractivity contribution in [3.63, 3.8) is 0 Å². The molecule has 0 spiro atoms. The van der Waals surface area contributed by atoms with E-state index >= 15 is 0 Å². The number of ether oxygens (including phenoxy) is 1. The Labute approximate surface area is 194 Å². The van der Waals surface area contributed by atoms with Crippen molar-refractivity contribution in [2.24, 2.45) is 5.73 Å². The second-order valence-electron chi connectivity index (χ2n) is 7.61. The number of aromatic nitrogens is 4. The monoisotopic (exact) mass is 458 g/mol. The van der Waals surface area contributed by atoms with E-state index in [1.54, 1.807) is 24.5 Å². The van der Waals surface area contributed by atoms with Crippen molar-refractivity contribution in [3.8, 4) is 27.5 Å². The summed E-state index contributed by atoms with van der Waals surface area (Å²) in [4.78, 5) is 33.2. The smallest absolute Gasteiger partial charge is 0.413 e. The number of aryl methyl sites for hydroxylation is 1. The molecule has 3 aromatic heterocycles. The summed E-state index contributed by atoms with van der Waals surface area (Å²) in [5.74, 6) is -0.480. The van der Waals surface area contributed by atoms with Gasteiger partial charge in [-0.25, -0.2) is 14.5 Å². The molecule has 0 radical (unpaired) electrons. The number of methoxy groups -OCH3 is 1. The molecular formula is C22H19BN6O3S. The van der Waals surface area contributed by atoms with E-state index in [4.69, 9.17) is 15.6 Å². The number of hydrogen-bond donors (Lipinski definition) is 2. The number of carbonyl (C=O) groups excluding carboxylic acids is 2. The summed E-state index contributed by atoms with van der Waals surface area (Å²) >= 11 is 1.38. The van der Waals surface area contributed by atoms with Gasteiger partial charge in [-0.05, 0) is 37.1 Å². The number of carbonyl (C=O) groups is 2.